The molecule has 0 aromatic heterocycles. The molecule has 148 valence electrons. The summed E-state index contributed by atoms with van der Waals surface area (Å²) in [7, 11) is 2.75. The lowest BCUT2D eigenvalue weighted by Gasteiger charge is -2.40. The second-order valence-electron chi connectivity index (χ2n) is 7.44. The number of hydrogen-bond acceptors (Lipinski definition) is 5. The lowest BCUT2D eigenvalue weighted by molar-refractivity contribution is 0.0330. The van der Waals surface area contributed by atoms with Crippen molar-refractivity contribution in [1.29, 1.82) is 0 Å². The number of ketones is 1. The molecule has 0 saturated heterocycles. The van der Waals surface area contributed by atoms with Gasteiger partial charge in [0.15, 0.2) is 5.75 Å². The van der Waals surface area contributed by atoms with Gasteiger partial charge in [-0.1, -0.05) is 37.3 Å². The minimum absolute atomic E-state index is 0.0534. The number of ether oxygens (including phenoxy) is 3. The summed E-state index contributed by atoms with van der Waals surface area (Å²) in [5.41, 5.74) is 0.399. The van der Waals surface area contributed by atoms with Crippen LogP contribution in [-0.2, 0) is 6.42 Å². The highest BCUT2D eigenvalue weighted by atomic mass is 16.5. The smallest absolute Gasteiger partial charge is 0.343 e. The molecule has 2 aromatic carbocycles. The Morgan fingerprint density at radius 3 is 2.21 bits per heavy atom. The highest BCUT2D eigenvalue weighted by Crippen LogP contribution is 2.50. The van der Waals surface area contributed by atoms with Crippen molar-refractivity contribution < 1.29 is 28.9 Å². The number of carboxylic acid groups (broad SMARTS) is 1. The Bertz CT molecular complexity index is 930. The van der Waals surface area contributed by atoms with Crippen LogP contribution in [0.3, 0.4) is 0 Å². The van der Waals surface area contributed by atoms with Crippen molar-refractivity contribution >= 4 is 11.8 Å². The average molecular weight is 384 g/mol. The number of aromatic carboxylic acids is 1. The van der Waals surface area contributed by atoms with Crippen molar-refractivity contribution in [3.8, 4) is 17.2 Å². The average Bonchev–Trinajstić information content (AvgIpc) is 2.67. The van der Waals surface area contributed by atoms with Gasteiger partial charge in [-0.2, -0.15) is 0 Å². The van der Waals surface area contributed by atoms with Crippen LogP contribution in [0.25, 0.3) is 0 Å². The van der Waals surface area contributed by atoms with Gasteiger partial charge in [0, 0.05) is 11.1 Å². The van der Waals surface area contributed by atoms with Crippen LogP contribution in [0.2, 0.25) is 0 Å². The molecular weight excluding hydrogens is 360 g/mol. The van der Waals surface area contributed by atoms with E-state index in [9.17, 15) is 14.7 Å². The minimum atomic E-state index is -1.23. The normalized spacial score (nSPS) is 17.2. The van der Waals surface area contributed by atoms with Crippen LogP contribution in [0, 0.1) is 5.92 Å². The van der Waals surface area contributed by atoms with Gasteiger partial charge in [0.25, 0.3) is 0 Å². The van der Waals surface area contributed by atoms with Gasteiger partial charge < -0.3 is 19.3 Å². The van der Waals surface area contributed by atoms with Crippen molar-refractivity contribution in [3.05, 3.63) is 52.6 Å². The molecule has 0 aliphatic carbocycles. The van der Waals surface area contributed by atoms with Crippen LogP contribution in [-0.4, -0.2) is 36.7 Å². The molecule has 3 rings (SSSR count). The summed E-state index contributed by atoms with van der Waals surface area (Å²) in [5.74, 6) is -1.05. The Balaban J connectivity index is 2.40. The van der Waals surface area contributed by atoms with E-state index >= 15 is 0 Å². The van der Waals surface area contributed by atoms with Crippen molar-refractivity contribution in [2.24, 2.45) is 5.92 Å². The van der Waals surface area contributed by atoms with E-state index < -0.39 is 11.6 Å². The summed E-state index contributed by atoms with van der Waals surface area (Å²) >= 11 is 0. The Labute approximate surface area is 164 Å². The third-order valence-corrected chi connectivity index (χ3v) is 5.40. The number of carbonyl (C=O) groups is 2. The topological polar surface area (TPSA) is 82.1 Å². The molecule has 28 heavy (non-hydrogen) atoms. The molecule has 0 amide bonds. The number of benzene rings is 2. The van der Waals surface area contributed by atoms with Gasteiger partial charge in [-0.05, 0) is 26.2 Å². The van der Waals surface area contributed by atoms with E-state index in [0.29, 0.717) is 23.3 Å². The second kappa shape index (κ2) is 7.19. The fourth-order valence-electron chi connectivity index (χ4n) is 3.51. The Morgan fingerprint density at radius 2 is 1.68 bits per heavy atom. The first-order valence-electron chi connectivity index (χ1n) is 9.05. The zero-order chi connectivity index (χ0) is 20.6. The molecule has 0 bridgehead atoms. The van der Waals surface area contributed by atoms with E-state index in [1.165, 1.54) is 14.2 Å². The first kappa shape index (κ1) is 19.7. The number of methoxy groups -OCH3 is 2. The predicted octanol–water partition coefficient (Wildman–Crippen LogP) is 3.98. The van der Waals surface area contributed by atoms with Crippen LogP contribution in [0.5, 0.6) is 17.2 Å². The number of hydrogen-bond donors (Lipinski definition) is 1. The Morgan fingerprint density at radius 1 is 1.07 bits per heavy atom. The molecule has 0 fully saturated rings. The van der Waals surface area contributed by atoms with Crippen molar-refractivity contribution in [2.75, 3.05) is 14.2 Å². The van der Waals surface area contributed by atoms with E-state index in [0.717, 1.165) is 0 Å². The minimum Gasteiger partial charge on any atom is -0.495 e. The highest BCUT2D eigenvalue weighted by Gasteiger charge is 2.42. The van der Waals surface area contributed by atoms with E-state index in [1.54, 1.807) is 24.3 Å². The van der Waals surface area contributed by atoms with Gasteiger partial charge in [-0.3, -0.25) is 4.79 Å². The van der Waals surface area contributed by atoms with Gasteiger partial charge in [-0.15, -0.1) is 0 Å². The summed E-state index contributed by atoms with van der Waals surface area (Å²) < 4.78 is 17.1. The van der Waals surface area contributed by atoms with Gasteiger partial charge in [0.05, 0.1) is 14.2 Å². The van der Waals surface area contributed by atoms with Crippen LogP contribution in [0.1, 0.15) is 52.6 Å². The summed E-state index contributed by atoms with van der Waals surface area (Å²) in [6.45, 7) is 5.91. The summed E-state index contributed by atoms with van der Waals surface area (Å²) in [6.07, 6.45) is 0.519. The van der Waals surface area contributed by atoms with E-state index in [2.05, 4.69) is 0 Å². The maximum absolute atomic E-state index is 13.4. The maximum atomic E-state index is 13.4. The monoisotopic (exact) mass is 384 g/mol. The maximum Gasteiger partial charge on any atom is 0.343 e. The summed E-state index contributed by atoms with van der Waals surface area (Å²) in [5, 5.41) is 9.84. The molecule has 0 saturated carbocycles. The molecule has 1 heterocycles. The van der Waals surface area contributed by atoms with Gasteiger partial charge in [0.1, 0.15) is 28.2 Å². The third-order valence-electron chi connectivity index (χ3n) is 5.40. The second-order valence-corrected chi connectivity index (χ2v) is 7.44. The number of rotatable bonds is 5. The molecule has 1 aliphatic heterocycles. The fraction of sp³-hybridized carbons (Fsp3) is 0.364. The first-order valence-corrected chi connectivity index (χ1v) is 9.05. The van der Waals surface area contributed by atoms with Crippen molar-refractivity contribution in [1.82, 2.24) is 0 Å². The van der Waals surface area contributed by atoms with Crippen molar-refractivity contribution in [3.63, 3.8) is 0 Å². The molecule has 1 atom stereocenters. The van der Waals surface area contributed by atoms with Crippen LogP contribution >= 0.6 is 0 Å². The quantitative estimate of drug-likeness (QED) is 0.785. The number of carbonyl (C=O) groups excluding carboxylic acids is 1. The Kier molecular flexibility index (Phi) is 5.06. The lowest BCUT2D eigenvalue weighted by atomic mass is 9.81. The van der Waals surface area contributed by atoms with Crippen LogP contribution in [0.15, 0.2) is 30.3 Å². The molecule has 1 unspecified atom stereocenters. The molecule has 2 aromatic rings. The summed E-state index contributed by atoms with van der Waals surface area (Å²) in [4.78, 5) is 25.4. The van der Waals surface area contributed by atoms with Crippen LogP contribution in [0.4, 0.5) is 0 Å². The van der Waals surface area contributed by atoms with E-state index in [-0.39, 0.29) is 34.3 Å². The highest BCUT2D eigenvalue weighted by molar-refractivity contribution is 6.15. The zero-order valence-electron chi connectivity index (χ0n) is 16.7. The molecule has 0 spiro atoms. The van der Waals surface area contributed by atoms with E-state index in [4.69, 9.17) is 14.2 Å². The molecular formula is C22H24O6. The zero-order valence-corrected chi connectivity index (χ0v) is 16.7. The molecule has 0 radical (unpaired) electrons. The number of fused-ring (bicyclic) bond motifs is 1. The fourth-order valence-corrected chi connectivity index (χ4v) is 3.51. The molecule has 6 heteroatoms. The van der Waals surface area contributed by atoms with Gasteiger partial charge >= 0.3 is 5.97 Å². The number of carboxylic acids is 1. The van der Waals surface area contributed by atoms with Gasteiger partial charge in [0.2, 0.25) is 5.78 Å². The molecule has 6 nitrogen and oxygen atoms in total. The third kappa shape index (κ3) is 3.09. The van der Waals surface area contributed by atoms with Crippen molar-refractivity contribution in [2.45, 2.75) is 32.8 Å². The first-order chi connectivity index (χ1) is 13.2. The predicted molar refractivity (Wildman–Crippen MR) is 104 cm³/mol. The Hall–Kier alpha value is -3.02. The largest absolute Gasteiger partial charge is 0.495 e. The SMILES string of the molecule is COc1c2c(c(C(=O)c3ccccc3)c(OC)c1C(=O)O)OC(C)(C)C(C)C2. The molecule has 1 N–H and O–H groups in total. The van der Waals surface area contributed by atoms with Crippen LogP contribution < -0.4 is 14.2 Å². The van der Waals surface area contributed by atoms with E-state index in [1.807, 2.05) is 26.8 Å². The van der Waals surface area contributed by atoms with Gasteiger partial charge in [-0.25, -0.2) is 4.79 Å². The summed E-state index contributed by atoms with van der Waals surface area (Å²) in [6, 6.07) is 8.66. The lowest BCUT2D eigenvalue weighted by Crippen LogP contribution is -2.41. The standard InChI is InChI=1S/C22H24O6/c1-12-11-14-18(26-4)16(21(24)25)20(27-5)15(19(14)28-22(12,2)3)17(23)13-9-7-6-8-10-13/h6-10,12H,11H2,1-5H3,(H,24,25). The molecule has 1 aliphatic rings.